The van der Waals surface area contributed by atoms with Crippen molar-refractivity contribution in [3.8, 4) is 0 Å². The van der Waals surface area contributed by atoms with E-state index in [1.807, 2.05) is 19.1 Å². The number of rotatable bonds is 1. The van der Waals surface area contributed by atoms with Gasteiger partial charge in [-0.1, -0.05) is 0 Å². The van der Waals surface area contributed by atoms with Crippen LogP contribution in [0.3, 0.4) is 0 Å². The van der Waals surface area contributed by atoms with Gasteiger partial charge in [0.25, 0.3) is 0 Å². The molecule has 2 nitrogen and oxygen atoms in total. The number of pyridine rings is 1. The third-order valence-corrected chi connectivity index (χ3v) is 1.40. The van der Waals surface area contributed by atoms with Gasteiger partial charge in [-0.15, -0.1) is 0 Å². The molecule has 0 fully saturated rings. The van der Waals surface area contributed by atoms with Crippen LogP contribution in [0.15, 0.2) is 18.3 Å². The van der Waals surface area contributed by atoms with Crippen LogP contribution < -0.4 is 0 Å². The zero-order chi connectivity index (χ0) is 7.56. The Morgan fingerprint density at radius 2 is 2.30 bits per heavy atom. The molecule has 0 saturated heterocycles. The Bertz CT molecular complexity index is 220. The van der Waals surface area contributed by atoms with E-state index in [1.54, 1.807) is 13.1 Å². The minimum atomic E-state index is -0.387. The van der Waals surface area contributed by atoms with E-state index in [1.165, 1.54) is 0 Å². The van der Waals surface area contributed by atoms with E-state index in [4.69, 9.17) is 5.11 Å². The van der Waals surface area contributed by atoms with E-state index in [-0.39, 0.29) is 6.10 Å². The lowest BCUT2D eigenvalue weighted by Gasteiger charge is -2.03. The molecular weight excluding hydrogens is 126 g/mol. The smallest absolute Gasteiger partial charge is 0.0763 e. The maximum atomic E-state index is 9.12. The minimum absolute atomic E-state index is 0.387. The maximum Gasteiger partial charge on any atom is 0.0763 e. The molecule has 0 aliphatic rings. The Labute approximate surface area is 60.5 Å². The zero-order valence-corrected chi connectivity index (χ0v) is 6.20. The van der Waals surface area contributed by atoms with Gasteiger partial charge in [0.2, 0.25) is 0 Å². The van der Waals surface area contributed by atoms with Crippen molar-refractivity contribution in [2.45, 2.75) is 20.0 Å². The molecule has 0 unspecified atom stereocenters. The predicted molar refractivity (Wildman–Crippen MR) is 39.6 cm³/mol. The van der Waals surface area contributed by atoms with Crippen LogP contribution in [0.1, 0.15) is 24.3 Å². The lowest BCUT2D eigenvalue weighted by molar-refractivity contribution is 0.199. The van der Waals surface area contributed by atoms with Gasteiger partial charge in [0, 0.05) is 11.9 Å². The average Bonchev–Trinajstić information content (AvgIpc) is 1.88. The Morgan fingerprint density at radius 3 is 2.70 bits per heavy atom. The largest absolute Gasteiger partial charge is 0.389 e. The molecule has 0 saturated carbocycles. The number of aryl methyl sites for hydroxylation is 1. The highest BCUT2D eigenvalue weighted by Gasteiger charge is 1.98. The van der Waals surface area contributed by atoms with Crippen molar-refractivity contribution in [1.29, 1.82) is 0 Å². The normalized spacial score (nSPS) is 13.1. The molecule has 54 valence electrons. The van der Waals surface area contributed by atoms with Crippen molar-refractivity contribution in [1.82, 2.24) is 4.98 Å². The van der Waals surface area contributed by atoms with Crippen LogP contribution in [0.4, 0.5) is 0 Å². The quantitative estimate of drug-likeness (QED) is 0.635. The Kier molecular flexibility index (Phi) is 2.02. The highest BCUT2D eigenvalue weighted by Crippen LogP contribution is 2.10. The fourth-order valence-corrected chi connectivity index (χ4v) is 0.827. The van der Waals surface area contributed by atoms with Crippen molar-refractivity contribution < 1.29 is 5.11 Å². The average molecular weight is 137 g/mol. The standard InChI is InChI=1S/C8H11NO/c1-6-5-8(7(2)10)3-4-9-6/h3-5,7,10H,1-2H3/t7-/m1/s1. The SMILES string of the molecule is Cc1cc([C@@H](C)O)ccn1. The predicted octanol–water partition coefficient (Wildman–Crippen LogP) is 1.44. The second-order valence-electron chi connectivity index (χ2n) is 2.41. The molecule has 0 aliphatic heterocycles. The summed E-state index contributed by atoms with van der Waals surface area (Å²) in [6.45, 7) is 3.65. The number of aliphatic hydroxyl groups is 1. The van der Waals surface area contributed by atoms with Gasteiger partial charge in [0.1, 0.15) is 0 Å². The summed E-state index contributed by atoms with van der Waals surface area (Å²) >= 11 is 0. The molecule has 0 radical (unpaired) electrons. The molecule has 10 heavy (non-hydrogen) atoms. The summed E-state index contributed by atoms with van der Waals surface area (Å²) in [5.41, 5.74) is 1.87. The summed E-state index contributed by atoms with van der Waals surface area (Å²) in [6.07, 6.45) is 1.32. The van der Waals surface area contributed by atoms with Crippen molar-refractivity contribution >= 4 is 0 Å². The summed E-state index contributed by atoms with van der Waals surface area (Å²) in [5, 5.41) is 9.12. The molecule has 0 bridgehead atoms. The van der Waals surface area contributed by atoms with Gasteiger partial charge < -0.3 is 5.11 Å². The van der Waals surface area contributed by atoms with Gasteiger partial charge in [-0.2, -0.15) is 0 Å². The summed E-state index contributed by atoms with van der Waals surface area (Å²) in [6, 6.07) is 3.70. The third-order valence-electron chi connectivity index (χ3n) is 1.40. The van der Waals surface area contributed by atoms with Gasteiger partial charge in [0.15, 0.2) is 0 Å². The van der Waals surface area contributed by atoms with E-state index in [0.717, 1.165) is 11.3 Å². The van der Waals surface area contributed by atoms with Crippen molar-refractivity contribution in [3.05, 3.63) is 29.6 Å². The Balaban J connectivity index is 2.96. The van der Waals surface area contributed by atoms with Crippen LogP contribution in [-0.2, 0) is 0 Å². The molecule has 1 atom stereocenters. The topological polar surface area (TPSA) is 33.1 Å². The van der Waals surface area contributed by atoms with Crippen LogP contribution in [0.5, 0.6) is 0 Å². The van der Waals surface area contributed by atoms with Crippen LogP contribution in [0, 0.1) is 6.92 Å². The van der Waals surface area contributed by atoms with E-state index in [2.05, 4.69) is 4.98 Å². The molecule has 0 spiro atoms. The molecule has 2 heteroatoms. The highest BCUT2D eigenvalue weighted by atomic mass is 16.3. The minimum Gasteiger partial charge on any atom is -0.389 e. The van der Waals surface area contributed by atoms with Gasteiger partial charge in [0.05, 0.1) is 6.10 Å². The van der Waals surface area contributed by atoms with Crippen molar-refractivity contribution in [2.24, 2.45) is 0 Å². The second-order valence-corrected chi connectivity index (χ2v) is 2.41. The number of nitrogens with zero attached hydrogens (tertiary/aromatic N) is 1. The van der Waals surface area contributed by atoms with E-state index in [9.17, 15) is 0 Å². The third kappa shape index (κ3) is 1.54. The summed E-state index contributed by atoms with van der Waals surface area (Å²) in [4.78, 5) is 4.01. The molecule has 0 aliphatic carbocycles. The van der Waals surface area contributed by atoms with E-state index in [0.29, 0.717) is 0 Å². The molecule has 1 aromatic rings. The van der Waals surface area contributed by atoms with Gasteiger partial charge in [-0.3, -0.25) is 4.98 Å². The van der Waals surface area contributed by atoms with Crippen LogP contribution in [-0.4, -0.2) is 10.1 Å². The number of hydrogen-bond donors (Lipinski definition) is 1. The second kappa shape index (κ2) is 2.80. The van der Waals surface area contributed by atoms with Crippen LogP contribution >= 0.6 is 0 Å². The molecular formula is C8H11NO. The first-order valence-corrected chi connectivity index (χ1v) is 3.31. The highest BCUT2D eigenvalue weighted by molar-refractivity contribution is 5.16. The zero-order valence-electron chi connectivity index (χ0n) is 6.20. The monoisotopic (exact) mass is 137 g/mol. The van der Waals surface area contributed by atoms with Gasteiger partial charge in [-0.05, 0) is 31.5 Å². The molecule has 1 aromatic heterocycles. The fraction of sp³-hybridized carbons (Fsp3) is 0.375. The van der Waals surface area contributed by atoms with E-state index < -0.39 is 0 Å². The number of hydrogen-bond acceptors (Lipinski definition) is 2. The lowest BCUT2D eigenvalue weighted by atomic mass is 10.1. The summed E-state index contributed by atoms with van der Waals surface area (Å²) in [5.74, 6) is 0. The number of aromatic nitrogens is 1. The first kappa shape index (κ1) is 7.22. The molecule has 0 aromatic carbocycles. The van der Waals surface area contributed by atoms with Crippen LogP contribution in [0.25, 0.3) is 0 Å². The van der Waals surface area contributed by atoms with Crippen molar-refractivity contribution in [2.75, 3.05) is 0 Å². The Morgan fingerprint density at radius 1 is 1.60 bits per heavy atom. The van der Waals surface area contributed by atoms with Gasteiger partial charge in [-0.25, -0.2) is 0 Å². The molecule has 0 amide bonds. The van der Waals surface area contributed by atoms with Gasteiger partial charge >= 0.3 is 0 Å². The van der Waals surface area contributed by atoms with Crippen molar-refractivity contribution in [3.63, 3.8) is 0 Å². The summed E-state index contributed by atoms with van der Waals surface area (Å²) < 4.78 is 0. The molecule has 1 N–H and O–H groups in total. The maximum absolute atomic E-state index is 9.12. The van der Waals surface area contributed by atoms with E-state index >= 15 is 0 Å². The Hall–Kier alpha value is -0.890. The lowest BCUT2D eigenvalue weighted by Crippen LogP contribution is -1.91. The first-order valence-electron chi connectivity index (χ1n) is 3.31. The number of aliphatic hydroxyl groups excluding tert-OH is 1. The first-order chi connectivity index (χ1) is 4.70. The fourth-order valence-electron chi connectivity index (χ4n) is 0.827. The summed E-state index contributed by atoms with van der Waals surface area (Å²) in [7, 11) is 0. The molecule has 1 heterocycles. The molecule has 1 rings (SSSR count). The van der Waals surface area contributed by atoms with Crippen LogP contribution in [0.2, 0.25) is 0 Å².